The van der Waals surface area contributed by atoms with E-state index in [4.69, 9.17) is 0 Å². The normalized spacial score (nSPS) is 22.0. The van der Waals surface area contributed by atoms with Gasteiger partial charge < -0.3 is 10.2 Å². The van der Waals surface area contributed by atoms with Crippen LogP contribution < -0.4 is 5.32 Å². The Hall–Kier alpha value is -0.430. The lowest BCUT2D eigenvalue weighted by molar-refractivity contribution is -0.135. The number of likely N-dealkylation sites (tertiary alicyclic amines) is 1. The van der Waals surface area contributed by atoms with Gasteiger partial charge in [-0.3, -0.25) is 4.79 Å². The maximum absolute atomic E-state index is 12.0. The molecular formula is C10H17F3N2OS. The number of nitrogens with one attached hydrogen (secondary N) is 1. The van der Waals surface area contributed by atoms with E-state index in [1.165, 1.54) is 4.90 Å². The summed E-state index contributed by atoms with van der Waals surface area (Å²) in [6.07, 6.45) is 1.62. The summed E-state index contributed by atoms with van der Waals surface area (Å²) < 4.78 is 35.9. The minimum Gasteiger partial charge on any atom is -0.341 e. The van der Waals surface area contributed by atoms with Crippen molar-refractivity contribution in [2.45, 2.75) is 31.3 Å². The van der Waals surface area contributed by atoms with Gasteiger partial charge in [0.1, 0.15) is 0 Å². The number of piperidine rings is 1. The fourth-order valence-corrected chi connectivity index (χ4v) is 2.41. The first-order valence-electron chi connectivity index (χ1n) is 5.67. The van der Waals surface area contributed by atoms with E-state index in [2.05, 4.69) is 5.32 Å². The molecule has 0 aromatic rings. The Labute approximate surface area is 103 Å². The molecule has 1 amide bonds. The predicted molar refractivity (Wildman–Crippen MR) is 61.8 cm³/mol. The van der Waals surface area contributed by atoms with Crippen molar-refractivity contribution in [1.29, 1.82) is 0 Å². The van der Waals surface area contributed by atoms with E-state index in [0.29, 0.717) is 13.1 Å². The molecule has 7 heteroatoms. The minimum absolute atomic E-state index is 0.0686. The monoisotopic (exact) mass is 270 g/mol. The van der Waals surface area contributed by atoms with Crippen molar-refractivity contribution in [3.63, 3.8) is 0 Å². The van der Waals surface area contributed by atoms with E-state index in [0.717, 1.165) is 12.8 Å². The number of alkyl halides is 3. The maximum atomic E-state index is 12.0. The van der Waals surface area contributed by atoms with Gasteiger partial charge in [0.2, 0.25) is 5.91 Å². The summed E-state index contributed by atoms with van der Waals surface area (Å²) in [5.74, 6) is -0.158. The highest BCUT2D eigenvalue weighted by molar-refractivity contribution is 8.00. The van der Waals surface area contributed by atoms with Gasteiger partial charge in [0, 0.05) is 18.8 Å². The molecule has 0 saturated carbocycles. The largest absolute Gasteiger partial charge is 0.441 e. The Morgan fingerprint density at radius 1 is 1.53 bits per heavy atom. The average molecular weight is 270 g/mol. The van der Waals surface area contributed by atoms with Crippen LogP contribution in [-0.4, -0.2) is 47.7 Å². The molecule has 1 fully saturated rings. The lowest BCUT2D eigenvalue weighted by atomic mass is 10.1. The zero-order chi connectivity index (χ0) is 12.9. The van der Waals surface area contributed by atoms with E-state index < -0.39 is 5.51 Å². The number of carbonyl (C=O) groups is 1. The third-order valence-electron chi connectivity index (χ3n) is 2.61. The Kier molecular flexibility index (Phi) is 5.58. The predicted octanol–water partition coefficient (Wildman–Crippen LogP) is 1.84. The second kappa shape index (κ2) is 6.49. The highest BCUT2D eigenvalue weighted by Gasteiger charge is 2.31. The number of halogens is 3. The summed E-state index contributed by atoms with van der Waals surface area (Å²) in [6, 6.07) is -0.218. The summed E-state index contributed by atoms with van der Waals surface area (Å²) in [5.41, 5.74) is -4.21. The second-order valence-electron chi connectivity index (χ2n) is 3.87. The summed E-state index contributed by atoms with van der Waals surface area (Å²) in [5, 5.41) is 3.05. The Balaban J connectivity index is 2.35. The third-order valence-corrected chi connectivity index (χ3v) is 3.32. The molecule has 1 saturated heterocycles. The first-order chi connectivity index (χ1) is 7.94. The zero-order valence-corrected chi connectivity index (χ0v) is 10.5. The zero-order valence-electron chi connectivity index (χ0n) is 9.72. The number of thioether (sulfide) groups is 1. The molecule has 0 bridgehead atoms. The Morgan fingerprint density at radius 3 is 2.82 bits per heavy atom. The van der Waals surface area contributed by atoms with Crippen molar-refractivity contribution in [1.82, 2.24) is 10.2 Å². The van der Waals surface area contributed by atoms with Crippen LogP contribution in [0, 0.1) is 0 Å². The van der Waals surface area contributed by atoms with Crippen LogP contribution in [0.4, 0.5) is 13.2 Å². The molecule has 1 atom stereocenters. The Bertz CT molecular complexity index is 258. The summed E-state index contributed by atoms with van der Waals surface area (Å²) in [4.78, 5) is 13.4. The van der Waals surface area contributed by atoms with Gasteiger partial charge in [0.05, 0.1) is 6.04 Å². The van der Waals surface area contributed by atoms with Gasteiger partial charge in [-0.25, -0.2) is 0 Å². The van der Waals surface area contributed by atoms with Gasteiger partial charge in [-0.15, -0.1) is 0 Å². The van der Waals surface area contributed by atoms with E-state index >= 15 is 0 Å². The fourth-order valence-electron chi connectivity index (χ4n) is 1.87. The van der Waals surface area contributed by atoms with Crippen LogP contribution in [0.25, 0.3) is 0 Å². The van der Waals surface area contributed by atoms with Crippen molar-refractivity contribution in [3.05, 3.63) is 0 Å². The lowest BCUT2D eigenvalue weighted by Crippen LogP contribution is -2.51. The highest BCUT2D eigenvalue weighted by atomic mass is 32.2. The number of nitrogens with zero attached hydrogens (tertiary/aromatic N) is 1. The maximum Gasteiger partial charge on any atom is 0.441 e. The molecule has 1 aliphatic rings. The number of hydrogen-bond acceptors (Lipinski definition) is 3. The van der Waals surface area contributed by atoms with E-state index in [1.807, 2.05) is 6.92 Å². The van der Waals surface area contributed by atoms with Crippen LogP contribution in [0.3, 0.4) is 0 Å². The molecule has 3 nitrogen and oxygen atoms in total. The SMILES string of the molecule is CCNC1CCCN(CCSC(F)(F)F)C1=O. The first kappa shape index (κ1) is 14.6. The molecule has 0 radical (unpaired) electrons. The van der Waals surface area contributed by atoms with Gasteiger partial charge in [-0.05, 0) is 31.1 Å². The molecule has 1 unspecified atom stereocenters. The van der Waals surface area contributed by atoms with E-state index in [1.54, 1.807) is 0 Å². The van der Waals surface area contributed by atoms with Gasteiger partial charge in [-0.2, -0.15) is 13.2 Å². The van der Waals surface area contributed by atoms with Crippen LogP contribution >= 0.6 is 11.8 Å². The van der Waals surface area contributed by atoms with Gasteiger partial charge in [-0.1, -0.05) is 6.92 Å². The number of amides is 1. The van der Waals surface area contributed by atoms with Crippen LogP contribution in [0.1, 0.15) is 19.8 Å². The standard InChI is InChI=1S/C10H17F3N2OS/c1-2-14-8-4-3-5-15(9(8)16)6-7-17-10(11,12)13/h8,14H,2-7H2,1H3. The third kappa shape index (κ3) is 5.16. The minimum atomic E-state index is -4.21. The van der Waals surface area contributed by atoms with Crippen molar-refractivity contribution in [2.75, 3.05) is 25.4 Å². The topological polar surface area (TPSA) is 32.3 Å². The molecule has 0 aromatic carbocycles. The van der Waals surface area contributed by atoms with E-state index in [9.17, 15) is 18.0 Å². The number of hydrogen-bond donors (Lipinski definition) is 1. The lowest BCUT2D eigenvalue weighted by Gasteiger charge is -2.32. The molecular weight excluding hydrogens is 253 g/mol. The molecule has 17 heavy (non-hydrogen) atoms. The van der Waals surface area contributed by atoms with Crippen LogP contribution in [0.15, 0.2) is 0 Å². The quantitative estimate of drug-likeness (QED) is 0.827. The molecule has 1 aliphatic heterocycles. The summed E-state index contributed by atoms with van der Waals surface area (Å²) >= 11 is -0.0705. The number of rotatable bonds is 5. The van der Waals surface area contributed by atoms with Gasteiger partial charge >= 0.3 is 5.51 Å². The van der Waals surface area contributed by atoms with Crippen molar-refractivity contribution in [2.24, 2.45) is 0 Å². The average Bonchev–Trinajstić information content (AvgIpc) is 2.22. The second-order valence-corrected chi connectivity index (χ2v) is 5.03. The van der Waals surface area contributed by atoms with Crippen LogP contribution in [0.5, 0.6) is 0 Å². The van der Waals surface area contributed by atoms with Crippen molar-refractivity contribution >= 4 is 17.7 Å². The van der Waals surface area contributed by atoms with Crippen molar-refractivity contribution < 1.29 is 18.0 Å². The Morgan fingerprint density at radius 2 is 2.24 bits per heavy atom. The molecule has 0 aliphatic carbocycles. The molecule has 1 rings (SSSR count). The fraction of sp³-hybridized carbons (Fsp3) is 0.900. The highest BCUT2D eigenvalue weighted by Crippen LogP contribution is 2.30. The molecule has 1 heterocycles. The number of carbonyl (C=O) groups excluding carboxylic acids is 1. The first-order valence-corrected chi connectivity index (χ1v) is 6.65. The van der Waals surface area contributed by atoms with Gasteiger partial charge in [0.15, 0.2) is 0 Å². The molecule has 0 spiro atoms. The van der Waals surface area contributed by atoms with Gasteiger partial charge in [0.25, 0.3) is 0 Å². The summed E-state index contributed by atoms with van der Waals surface area (Å²) in [6.45, 7) is 3.34. The molecule has 100 valence electrons. The smallest absolute Gasteiger partial charge is 0.341 e. The number of likely N-dealkylation sites (N-methyl/N-ethyl adjacent to an activating group) is 1. The summed E-state index contributed by atoms with van der Waals surface area (Å²) in [7, 11) is 0. The van der Waals surface area contributed by atoms with E-state index in [-0.39, 0.29) is 36.0 Å². The molecule has 1 N–H and O–H groups in total. The van der Waals surface area contributed by atoms with Crippen LogP contribution in [-0.2, 0) is 4.79 Å². The molecule has 0 aromatic heterocycles. The van der Waals surface area contributed by atoms with Crippen molar-refractivity contribution in [3.8, 4) is 0 Å². The van der Waals surface area contributed by atoms with Crippen LogP contribution in [0.2, 0.25) is 0 Å².